The van der Waals surface area contributed by atoms with Gasteiger partial charge in [0.15, 0.2) is 0 Å². The normalized spacial score (nSPS) is 17.4. The van der Waals surface area contributed by atoms with E-state index >= 15 is 0 Å². The second-order valence-corrected chi connectivity index (χ2v) is 6.35. The quantitative estimate of drug-likeness (QED) is 0.849. The Bertz CT molecular complexity index is 853. The number of aryl methyl sites for hydroxylation is 1. The number of ether oxygens (including phenoxy) is 1. The lowest BCUT2D eigenvalue weighted by Crippen LogP contribution is -2.58. The van der Waals surface area contributed by atoms with Gasteiger partial charge in [0.2, 0.25) is 5.91 Å². The fourth-order valence-electron chi connectivity index (χ4n) is 3.14. The Morgan fingerprint density at radius 1 is 1.19 bits per heavy atom. The summed E-state index contributed by atoms with van der Waals surface area (Å²) in [5.41, 5.74) is 1.59. The smallest absolute Gasteiger partial charge is 0.254 e. The highest BCUT2D eigenvalue weighted by molar-refractivity contribution is 6.03. The van der Waals surface area contributed by atoms with E-state index in [1.165, 1.54) is 23.0 Å². The van der Waals surface area contributed by atoms with Crippen molar-refractivity contribution in [1.82, 2.24) is 4.90 Å². The van der Waals surface area contributed by atoms with E-state index in [-0.39, 0.29) is 24.0 Å². The molecule has 1 fully saturated rings. The minimum Gasteiger partial charge on any atom is -0.497 e. The van der Waals surface area contributed by atoms with Gasteiger partial charge in [-0.05, 0) is 49.7 Å². The molecule has 0 radical (unpaired) electrons. The lowest BCUT2D eigenvalue weighted by Gasteiger charge is -2.39. The van der Waals surface area contributed by atoms with Crippen LogP contribution >= 0.6 is 0 Å². The second kappa shape index (κ2) is 7.15. The van der Waals surface area contributed by atoms with Crippen LogP contribution in [0.3, 0.4) is 0 Å². The van der Waals surface area contributed by atoms with Crippen LogP contribution in [0.4, 0.5) is 10.1 Å². The maximum atomic E-state index is 14.2. The van der Waals surface area contributed by atoms with E-state index in [0.29, 0.717) is 17.9 Å². The van der Waals surface area contributed by atoms with Gasteiger partial charge >= 0.3 is 0 Å². The predicted molar refractivity (Wildman–Crippen MR) is 97.0 cm³/mol. The highest BCUT2D eigenvalue weighted by Crippen LogP contribution is 2.26. The van der Waals surface area contributed by atoms with Crippen molar-refractivity contribution in [2.24, 2.45) is 0 Å². The summed E-state index contributed by atoms with van der Waals surface area (Å²) in [6, 6.07) is 10.8. The molecular formula is C20H21FN2O3. The van der Waals surface area contributed by atoms with Crippen LogP contribution in [0.25, 0.3) is 0 Å². The van der Waals surface area contributed by atoms with Crippen molar-refractivity contribution in [3.63, 3.8) is 0 Å². The number of nitrogens with zero attached hydrogens (tertiary/aromatic N) is 2. The number of methoxy groups -OCH3 is 1. The molecule has 1 aliphatic heterocycles. The summed E-state index contributed by atoms with van der Waals surface area (Å²) in [5.74, 6) is -0.398. The van der Waals surface area contributed by atoms with Crippen LogP contribution in [0.15, 0.2) is 42.5 Å². The van der Waals surface area contributed by atoms with Crippen LogP contribution in [-0.2, 0) is 4.79 Å². The molecule has 0 N–H and O–H groups in total. The Kier molecular flexibility index (Phi) is 4.93. The van der Waals surface area contributed by atoms with E-state index in [2.05, 4.69) is 0 Å². The van der Waals surface area contributed by atoms with Gasteiger partial charge in [-0.1, -0.05) is 12.1 Å². The third-order valence-electron chi connectivity index (χ3n) is 4.63. The van der Waals surface area contributed by atoms with Crippen molar-refractivity contribution >= 4 is 17.5 Å². The molecule has 1 atom stereocenters. The highest BCUT2D eigenvalue weighted by Gasteiger charge is 2.36. The molecule has 26 heavy (non-hydrogen) atoms. The first-order chi connectivity index (χ1) is 12.4. The van der Waals surface area contributed by atoms with E-state index < -0.39 is 11.9 Å². The van der Waals surface area contributed by atoms with E-state index in [9.17, 15) is 14.0 Å². The Balaban J connectivity index is 1.83. The molecule has 6 heteroatoms. The van der Waals surface area contributed by atoms with Gasteiger partial charge in [0.1, 0.15) is 17.6 Å². The van der Waals surface area contributed by atoms with E-state index in [1.54, 1.807) is 43.3 Å². The molecule has 0 spiro atoms. The monoisotopic (exact) mass is 356 g/mol. The van der Waals surface area contributed by atoms with Crippen molar-refractivity contribution in [1.29, 1.82) is 0 Å². The summed E-state index contributed by atoms with van der Waals surface area (Å²) < 4.78 is 19.3. The molecule has 1 heterocycles. The zero-order valence-electron chi connectivity index (χ0n) is 15.0. The lowest BCUT2D eigenvalue weighted by atomic mass is 10.1. The third kappa shape index (κ3) is 3.27. The number of rotatable bonds is 3. The first-order valence-corrected chi connectivity index (χ1v) is 8.45. The number of anilines is 1. The van der Waals surface area contributed by atoms with Crippen LogP contribution in [0.1, 0.15) is 22.8 Å². The minimum atomic E-state index is -0.678. The number of amides is 2. The maximum Gasteiger partial charge on any atom is 0.254 e. The van der Waals surface area contributed by atoms with Gasteiger partial charge < -0.3 is 14.5 Å². The van der Waals surface area contributed by atoms with Crippen molar-refractivity contribution in [2.45, 2.75) is 19.9 Å². The first-order valence-electron chi connectivity index (χ1n) is 8.45. The Hall–Kier alpha value is -2.89. The van der Waals surface area contributed by atoms with Gasteiger partial charge in [-0.2, -0.15) is 0 Å². The highest BCUT2D eigenvalue weighted by atomic mass is 19.1. The minimum absolute atomic E-state index is 0.242. The van der Waals surface area contributed by atoms with Gasteiger partial charge in [-0.15, -0.1) is 0 Å². The zero-order chi connectivity index (χ0) is 18.8. The van der Waals surface area contributed by atoms with Gasteiger partial charge in [-0.3, -0.25) is 9.59 Å². The topological polar surface area (TPSA) is 49.9 Å². The van der Waals surface area contributed by atoms with Gasteiger partial charge in [0.25, 0.3) is 5.91 Å². The molecule has 1 aliphatic rings. The van der Waals surface area contributed by atoms with E-state index in [0.717, 1.165) is 5.56 Å². The number of hydrogen-bond donors (Lipinski definition) is 0. The molecule has 1 unspecified atom stereocenters. The number of halogens is 1. The molecule has 1 saturated heterocycles. The number of hydrogen-bond acceptors (Lipinski definition) is 3. The maximum absolute atomic E-state index is 14.2. The molecule has 0 aromatic heterocycles. The van der Waals surface area contributed by atoms with Crippen molar-refractivity contribution in [2.75, 3.05) is 25.1 Å². The molecule has 3 rings (SSSR count). The van der Waals surface area contributed by atoms with Crippen LogP contribution in [0, 0.1) is 12.7 Å². The average Bonchev–Trinajstić information content (AvgIpc) is 2.65. The SMILES string of the molecule is COc1cccc(C(=O)N2CCN(c3cc(C)ccc3F)C(=O)C2C)c1. The summed E-state index contributed by atoms with van der Waals surface area (Å²) in [6.45, 7) is 4.09. The van der Waals surface area contributed by atoms with E-state index in [4.69, 9.17) is 4.74 Å². The number of carbonyl (C=O) groups excluding carboxylic acids is 2. The van der Waals surface area contributed by atoms with Gasteiger partial charge in [0.05, 0.1) is 12.8 Å². The van der Waals surface area contributed by atoms with Gasteiger partial charge in [0, 0.05) is 18.7 Å². The van der Waals surface area contributed by atoms with Crippen LogP contribution < -0.4 is 9.64 Å². The first kappa shape index (κ1) is 17.9. The molecule has 5 nitrogen and oxygen atoms in total. The number of carbonyl (C=O) groups is 2. The Labute approximate surface area is 152 Å². The van der Waals surface area contributed by atoms with E-state index in [1.807, 2.05) is 6.92 Å². The average molecular weight is 356 g/mol. The number of benzene rings is 2. The molecule has 0 saturated carbocycles. The summed E-state index contributed by atoms with van der Waals surface area (Å²) in [5, 5.41) is 0. The van der Waals surface area contributed by atoms with Crippen LogP contribution in [0.5, 0.6) is 5.75 Å². The van der Waals surface area contributed by atoms with Crippen molar-refractivity contribution in [3.05, 3.63) is 59.4 Å². The van der Waals surface area contributed by atoms with Crippen LogP contribution in [0.2, 0.25) is 0 Å². The molecule has 2 aromatic carbocycles. The second-order valence-electron chi connectivity index (χ2n) is 6.35. The molecule has 0 bridgehead atoms. The van der Waals surface area contributed by atoms with Crippen molar-refractivity contribution in [3.8, 4) is 5.75 Å². The lowest BCUT2D eigenvalue weighted by molar-refractivity contribution is -0.124. The Morgan fingerprint density at radius 2 is 1.96 bits per heavy atom. The molecule has 0 aliphatic carbocycles. The number of piperazine rings is 1. The fourth-order valence-corrected chi connectivity index (χ4v) is 3.14. The fraction of sp³-hybridized carbons (Fsp3) is 0.300. The largest absolute Gasteiger partial charge is 0.497 e. The molecule has 2 aromatic rings. The summed E-state index contributed by atoms with van der Waals surface area (Å²) in [6.07, 6.45) is 0. The summed E-state index contributed by atoms with van der Waals surface area (Å²) >= 11 is 0. The molecular weight excluding hydrogens is 335 g/mol. The zero-order valence-corrected chi connectivity index (χ0v) is 15.0. The molecule has 2 amide bonds. The molecule has 136 valence electrons. The van der Waals surface area contributed by atoms with Crippen molar-refractivity contribution < 1.29 is 18.7 Å². The Morgan fingerprint density at radius 3 is 2.69 bits per heavy atom. The third-order valence-corrected chi connectivity index (χ3v) is 4.63. The summed E-state index contributed by atoms with van der Waals surface area (Å²) in [7, 11) is 1.53. The van der Waals surface area contributed by atoms with Crippen LogP contribution in [-0.4, -0.2) is 43.0 Å². The predicted octanol–water partition coefficient (Wildman–Crippen LogP) is 3.02. The summed E-state index contributed by atoms with van der Waals surface area (Å²) in [4.78, 5) is 28.5. The van der Waals surface area contributed by atoms with Gasteiger partial charge in [-0.25, -0.2) is 4.39 Å². The standard InChI is InChI=1S/C20H21FN2O3/c1-13-7-8-17(21)18(11-13)23-10-9-22(14(2)19(23)24)20(25)15-5-4-6-16(12-15)26-3/h4-8,11-12,14H,9-10H2,1-3H3.